The van der Waals surface area contributed by atoms with Crippen LogP contribution in [-0.2, 0) is 0 Å². The summed E-state index contributed by atoms with van der Waals surface area (Å²) in [5.74, 6) is -0.181. The van der Waals surface area contributed by atoms with E-state index in [4.69, 9.17) is 0 Å². The molecule has 0 aliphatic heterocycles. The van der Waals surface area contributed by atoms with Gasteiger partial charge in [-0.3, -0.25) is 0 Å². The van der Waals surface area contributed by atoms with Crippen LogP contribution in [0.15, 0.2) is 18.2 Å². The summed E-state index contributed by atoms with van der Waals surface area (Å²) in [6.07, 6.45) is 1.10. The second-order valence-electron chi connectivity index (χ2n) is 4.50. The lowest BCUT2D eigenvalue weighted by Gasteiger charge is -2.13. The molecule has 17 heavy (non-hydrogen) atoms. The maximum atomic E-state index is 13.6. The molecule has 2 nitrogen and oxygen atoms in total. The first-order chi connectivity index (χ1) is 8.15. The second-order valence-corrected chi connectivity index (χ2v) is 4.50. The molecule has 2 N–H and O–H groups in total. The molecule has 1 aromatic carbocycles. The minimum Gasteiger partial charge on any atom is -0.356 e. The standard InChI is InChI=1S/C14H19FN2/c1-4-8-16-9(2)13-10(3)17-14-11(13)6-5-7-12(14)15/h5-7,9,16-17H,4,8H2,1-3H3. The number of halogens is 1. The molecular formula is C14H19FN2. The molecule has 0 amide bonds. The van der Waals surface area contributed by atoms with Crippen LogP contribution in [0.5, 0.6) is 0 Å². The fourth-order valence-electron chi connectivity index (χ4n) is 2.35. The van der Waals surface area contributed by atoms with Crippen molar-refractivity contribution in [2.45, 2.75) is 33.2 Å². The number of aryl methyl sites for hydroxylation is 1. The van der Waals surface area contributed by atoms with E-state index in [1.165, 1.54) is 11.6 Å². The molecule has 0 fully saturated rings. The minimum atomic E-state index is -0.181. The van der Waals surface area contributed by atoms with Crippen LogP contribution < -0.4 is 5.32 Å². The Morgan fingerprint density at radius 2 is 2.18 bits per heavy atom. The Kier molecular flexibility index (Phi) is 3.48. The summed E-state index contributed by atoms with van der Waals surface area (Å²) in [5, 5.41) is 4.43. The summed E-state index contributed by atoms with van der Waals surface area (Å²) in [6, 6.07) is 5.47. The SMILES string of the molecule is CCCNC(C)c1c(C)[nH]c2c(F)cccc12. The average Bonchev–Trinajstić information content (AvgIpc) is 2.64. The Bertz CT molecular complexity index is 516. The Morgan fingerprint density at radius 3 is 2.88 bits per heavy atom. The maximum Gasteiger partial charge on any atom is 0.147 e. The van der Waals surface area contributed by atoms with E-state index in [0.717, 1.165) is 24.0 Å². The number of rotatable bonds is 4. The van der Waals surface area contributed by atoms with E-state index < -0.39 is 0 Å². The Hall–Kier alpha value is -1.35. The largest absolute Gasteiger partial charge is 0.356 e. The Morgan fingerprint density at radius 1 is 1.41 bits per heavy atom. The highest BCUT2D eigenvalue weighted by molar-refractivity contribution is 5.85. The lowest BCUT2D eigenvalue weighted by atomic mass is 10.0. The average molecular weight is 234 g/mol. The van der Waals surface area contributed by atoms with Crippen molar-refractivity contribution in [3.8, 4) is 0 Å². The molecule has 1 aromatic heterocycles. The van der Waals surface area contributed by atoms with Crippen molar-refractivity contribution in [2.75, 3.05) is 6.54 Å². The molecule has 0 saturated heterocycles. The zero-order valence-corrected chi connectivity index (χ0v) is 10.6. The van der Waals surface area contributed by atoms with Crippen molar-refractivity contribution < 1.29 is 4.39 Å². The van der Waals surface area contributed by atoms with Crippen molar-refractivity contribution >= 4 is 10.9 Å². The molecule has 0 aliphatic rings. The van der Waals surface area contributed by atoms with Crippen molar-refractivity contribution in [1.29, 1.82) is 0 Å². The van der Waals surface area contributed by atoms with Gasteiger partial charge in [0, 0.05) is 17.1 Å². The van der Waals surface area contributed by atoms with Crippen molar-refractivity contribution in [3.63, 3.8) is 0 Å². The summed E-state index contributed by atoms with van der Waals surface area (Å²) in [6.45, 7) is 7.24. The number of aromatic nitrogens is 1. The fraction of sp³-hybridized carbons (Fsp3) is 0.429. The van der Waals surface area contributed by atoms with Crippen LogP contribution >= 0.6 is 0 Å². The normalized spacial score (nSPS) is 13.2. The highest BCUT2D eigenvalue weighted by Gasteiger charge is 2.15. The van der Waals surface area contributed by atoms with Gasteiger partial charge in [-0.15, -0.1) is 0 Å². The number of nitrogens with one attached hydrogen (secondary N) is 2. The van der Waals surface area contributed by atoms with Gasteiger partial charge in [-0.05, 0) is 38.4 Å². The van der Waals surface area contributed by atoms with Gasteiger partial charge in [-0.1, -0.05) is 19.1 Å². The van der Waals surface area contributed by atoms with Crippen LogP contribution in [0.1, 0.15) is 37.6 Å². The van der Waals surface area contributed by atoms with Crippen LogP contribution in [0, 0.1) is 12.7 Å². The number of H-pyrrole nitrogens is 1. The van der Waals surface area contributed by atoms with E-state index >= 15 is 0 Å². The molecule has 0 spiro atoms. The molecule has 3 heteroatoms. The number of hydrogen-bond acceptors (Lipinski definition) is 1. The van der Waals surface area contributed by atoms with Crippen molar-refractivity contribution in [1.82, 2.24) is 10.3 Å². The molecule has 1 heterocycles. The van der Waals surface area contributed by atoms with Crippen LogP contribution in [0.4, 0.5) is 4.39 Å². The highest BCUT2D eigenvalue weighted by Crippen LogP contribution is 2.28. The van der Waals surface area contributed by atoms with Gasteiger partial charge in [0.2, 0.25) is 0 Å². The number of benzene rings is 1. The Labute approximate surface area is 101 Å². The van der Waals surface area contributed by atoms with E-state index in [-0.39, 0.29) is 11.9 Å². The first kappa shape index (κ1) is 12.1. The third-order valence-corrected chi connectivity index (χ3v) is 3.15. The minimum absolute atomic E-state index is 0.181. The van der Waals surface area contributed by atoms with Gasteiger partial charge in [-0.25, -0.2) is 4.39 Å². The number of para-hydroxylation sites is 1. The zero-order valence-electron chi connectivity index (χ0n) is 10.6. The van der Waals surface area contributed by atoms with Crippen LogP contribution in [0.2, 0.25) is 0 Å². The molecule has 1 atom stereocenters. The molecule has 2 aromatic rings. The summed E-state index contributed by atoms with van der Waals surface area (Å²) >= 11 is 0. The van der Waals surface area contributed by atoms with Crippen molar-refractivity contribution in [3.05, 3.63) is 35.3 Å². The lowest BCUT2D eigenvalue weighted by Crippen LogP contribution is -2.19. The van der Waals surface area contributed by atoms with Gasteiger partial charge in [0.25, 0.3) is 0 Å². The molecule has 0 saturated carbocycles. The van der Waals surface area contributed by atoms with E-state index in [2.05, 4.69) is 24.1 Å². The molecule has 92 valence electrons. The quantitative estimate of drug-likeness (QED) is 0.830. The smallest absolute Gasteiger partial charge is 0.147 e. The number of aromatic amines is 1. The Balaban J connectivity index is 2.46. The first-order valence-corrected chi connectivity index (χ1v) is 6.15. The molecule has 0 aliphatic carbocycles. The summed E-state index contributed by atoms with van der Waals surface area (Å²) < 4.78 is 13.6. The van der Waals surface area contributed by atoms with Crippen LogP contribution in [-0.4, -0.2) is 11.5 Å². The van der Waals surface area contributed by atoms with E-state index in [1.54, 1.807) is 6.07 Å². The predicted octanol–water partition coefficient (Wildman–Crippen LogP) is 3.68. The van der Waals surface area contributed by atoms with Gasteiger partial charge < -0.3 is 10.3 Å². The van der Waals surface area contributed by atoms with E-state index in [1.807, 2.05) is 13.0 Å². The van der Waals surface area contributed by atoms with Gasteiger partial charge in [0.15, 0.2) is 0 Å². The third-order valence-electron chi connectivity index (χ3n) is 3.15. The molecule has 2 rings (SSSR count). The topological polar surface area (TPSA) is 27.8 Å². The fourth-order valence-corrected chi connectivity index (χ4v) is 2.35. The van der Waals surface area contributed by atoms with E-state index in [9.17, 15) is 4.39 Å². The van der Waals surface area contributed by atoms with Crippen molar-refractivity contribution in [2.24, 2.45) is 0 Å². The molecule has 0 bridgehead atoms. The van der Waals surface area contributed by atoms with E-state index in [0.29, 0.717) is 5.52 Å². The van der Waals surface area contributed by atoms with Gasteiger partial charge in [0.1, 0.15) is 5.82 Å². The number of fused-ring (bicyclic) bond motifs is 1. The zero-order chi connectivity index (χ0) is 12.4. The molecule has 1 unspecified atom stereocenters. The van der Waals surface area contributed by atoms with Crippen LogP contribution in [0.3, 0.4) is 0 Å². The number of hydrogen-bond donors (Lipinski definition) is 2. The lowest BCUT2D eigenvalue weighted by molar-refractivity contribution is 0.571. The summed E-state index contributed by atoms with van der Waals surface area (Å²) in [4.78, 5) is 3.14. The van der Waals surface area contributed by atoms with Gasteiger partial charge in [0.05, 0.1) is 5.52 Å². The predicted molar refractivity (Wildman–Crippen MR) is 69.7 cm³/mol. The van der Waals surface area contributed by atoms with Gasteiger partial charge >= 0.3 is 0 Å². The monoisotopic (exact) mass is 234 g/mol. The molecular weight excluding hydrogens is 215 g/mol. The summed E-state index contributed by atoms with van der Waals surface area (Å²) in [7, 11) is 0. The first-order valence-electron chi connectivity index (χ1n) is 6.15. The van der Waals surface area contributed by atoms with Crippen LogP contribution in [0.25, 0.3) is 10.9 Å². The maximum absolute atomic E-state index is 13.6. The second kappa shape index (κ2) is 4.88. The van der Waals surface area contributed by atoms with Gasteiger partial charge in [-0.2, -0.15) is 0 Å². The highest BCUT2D eigenvalue weighted by atomic mass is 19.1. The summed E-state index contributed by atoms with van der Waals surface area (Å²) in [5.41, 5.74) is 2.83. The third kappa shape index (κ3) is 2.20. The molecule has 0 radical (unpaired) electrons.